The van der Waals surface area contributed by atoms with Gasteiger partial charge >= 0.3 is 5.97 Å². The minimum absolute atomic E-state index is 0.139. The van der Waals surface area contributed by atoms with Gasteiger partial charge in [-0.05, 0) is 42.1 Å². The Morgan fingerprint density at radius 3 is 2.62 bits per heavy atom. The van der Waals surface area contributed by atoms with E-state index in [-0.39, 0.29) is 11.9 Å². The first kappa shape index (κ1) is 16.0. The summed E-state index contributed by atoms with van der Waals surface area (Å²) in [6, 6.07) is 9.03. The molecule has 1 aromatic carbocycles. The number of hydrogen-bond acceptors (Lipinski definition) is 3. The van der Waals surface area contributed by atoms with Gasteiger partial charge in [0.15, 0.2) is 5.54 Å². The van der Waals surface area contributed by atoms with Gasteiger partial charge in [-0.2, -0.15) is 0 Å². The Morgan fingerprint density at radius 1 is 1.38 bits per heavy atom. The Bertz CT molecular complexity index is 570. The molecule has 0 aliphatic carbocycles. The van der Waals surface area contributed by atoms with Crippen molar-refractivity contribution < 1.29 is 14.3 Å². The first-order valence-corrected chi connectivity index (χ1v) is 8.14. The fraction of sp³-hybridized carbons (Fsp3) is 0.375. The van der Waals surface area contributed by atoms with Crippen LogP contribution in [0.25, 0.3) is 0 Å². The quantitative estimate of drug-likeness (QED) is 0.580. The average molecular weight is 399 g/mol. The Morgan fingerprint density at radius 2 is 2.05 bits per heavy atom. The van der Waals surface area contributed by atoms with Crippen LogP contribution in [0.15, 0.2) is 40.0 Å². The summed E-state index contributed by atoms with van der Waals surface area (Å²) in [7, 11) is 0. The number of rotatable bonds is 3. The van der Waals surface area contributed by atoms with Crippen molar-refractivity contribution in [3.05, 3.63) is 45.6 Å². The zero-order chi connectivity index (χ0) is 15.5. The minimum Gasteiger partial charge on any atom is -0.464 e. The molecular formula is C16H18INO3. The van der Waals surface area contributed by atoms with Crippen molar-refractivity contribution in [3.63, 3.8) is 0 Å². The lowest BCUT2D eigenvalue weighted by Gasteiger charge is -2.33. The lowest BCUT2D eigenvalue weighted by atomic mass is 9.93. The molecule has 1 heterocycles. The van der Waals surface area contributed by atoms with Gasteiger partial charge in [0.2, 0.25) is 0 Å². The Kier molecular flexibility index (Phi) is 5.03. The van der Waals surface area contributed by atoms with E-state index < -0.39 is 5.54 Å². The summed E-state index contributed by atoms with van der Waals surface area (Å²) in [5, 5.41) is 0. The van der Waals surface area contributed by atoms with Crippen LogP contribution in [0.3, 0.4) is 0 Å². The van der Waals surface area contributed by atoms with Gasteiger partial charge < -0.3 is 9.64 Å². The Balaban J connectivity index is 2.38. The highest BCUT2D eigenvalue weighted by Gasteiger charge is 2.50. The number of halogens is 1. The van der Waals surface area contributed by atoms with Gasteiger partial charge in [-0.25, -0.2) is 4.79 Å². The summed E-state index contributed by atoms with van der Waals surface area (Å²) < 4.78 is 7.08. The van der Waals surface area contributed by atoms with Gasteiger partial charge in [-0.1, -0.05) is 40.8 Å². The van der Waals surface area contributed by atoms with Crippen LogP contribution < -0.4 is 0 Å². The monoisotopic (exact) mass is 399 g/mol. The second kappa shape index (κ2) is 6.60. The number of carbonyl (C=O) groups is 2. The van der Waals surface area contributed by atoms with E-state index in [4.69, 9.17) is 4.74 Å². The first-order chi connectivity index (χ1) is 10.1. The second-order valence-electron chi connectivity index (χ2n) is 5.00. The number of hydrogen-bond donors (Lipinski definition) is 0. The fourth-order valence-corrected chi connectivity index (χ4v) is 3.51. The third-order valence-corrected chi connectivity index (χ3v) is 4.59. The van der Waals surface area contributed by atoms with Crippen LogP contribution in [0.1, 0.15) is 30.6 Å². The van der Waals surface area contributed by atoms with E-state index in [1.807, 2.05) is 22.3 Å². The zero-order valence-electron chi connectivity index (χ0n) is 12.1. The van der Waals surface area contributed by atoms with Crippen molar-refractivity contribution in [3.8, 4) is 0 Å². The van der Waals surface area contributed by atoms with E-state index in [0.717, 1.165) is 5.57 Å². The molecule has 2 rings (SSSR count). The van der Waals surface area contributed by atoms with E-state index in [9.17, 15) is 9.59 Å². The van der Waals surface area contributed by atoms with Crippen LogP contribution in [0.2, 0.25) is 0 Å². The van der Waals surface area contributed by atoms with Crippen LogP contribution in [-0.4, -0.2) is 35.5 Å². The molecule has 1 saturated heterocycles. The van der Waals surface area contributed by atoms with Gasteiger partial charge in [0, 0.05) is 12.1 Å². The minimum atomic E-state index is -1.01. The molecule has 5 heteroatoms. The standard InChI is InChI=1S/C16H18INO3/c1-3-21-15(20)16(2)13(11-17)9-10-18(16)14(19)12-7-5-4-6-8-12/h4-8,11H,3,9-10H2,1-2H3/b13-11-/t16-/m1/s1. The van der Waals surface area contributed by atoms with Gasteiger partial charge in [0.25, 0.3) is 5.91 Å². The number of nitrogens with zero attached hydrogens (tertiary/aromatic N) is 1. The number of benzene rings is 1. The highest BCUT2D eigenvalue weighted by Crippen LogP contribution is 2.37. The maximum atomic E-state index is 12.7. The third kappa shape index (κ3) is 2.84. The summed E-state index contributed by atoms with van der Waals surface area (Å²) in [5.41, 5.74) is 0.498. The van der Waals surface area contributed by atoms with Crippen molar-refractivity contribution in [1.29, 1.82) is 0 Å². The first-order valence-electron chi connectivity index (χ1n) is 6.89. The molecule has 1 atom stereocenters. The Hall–Kier alpha value is -1.37. The van der Waals surface area contributed by atoms with Gasteiger partial charge in [-0.15, -0.1) is 0 Å². The summed E-state index contributed by atoms with van der Waals surface area (Å²) in [6.07, 6.45) is 0.691. The van der Waals surface area contributed by atoms with Crippen molar-refractivity contribution in [2.75, 3.05) is 13.2 Å². The van der Waals surface area contributed by atoms with Crippen LogP contribution >= 0.6 is 22.6 Å². The topological polar surface area (TPSA) is 46.6 Å². The third-order valence-electron chi connectivity index (χ3n) is 3.84. The summed E-state index contributed by atoms with van der Waals surface area (Å²) in [5.74, 6) is -0.505. The SMILES string of the molecule is CCOC(=O)[C@@]1(C)/C(=C\I)CCN1C(=O)c1ccccc1. The number of likely N-dealkylation sites (tertiary alicyclic amines) is 1. The van der Waals surface area contributed by atoms with E-state index in [1.165, 1.54) is 0 Å². The lowest BCUT2D eigenvalue weighted by molar-refractivity contribution is -0.151. The Labute approximate surface area is 138 Å². The van der Waals surface area contributed by atoms with E-state index in [1.54, 1.807) is 30.9 Å². The molecule has 112 valence electrons. The average Bonchev–Trinajstić information content (AvgIpc) is 2.85. The normalized spacial score (nSPS) is 23.4. The molecular weight excluding hydrogens is 381 g/mol. The second-order valence-corrected chi connectivity index (χ2v) is 5.62. The highest BCUT2D eigenvalue weighted by molar-refractivity contribution is 14.1. The smallest absolute Gasteiger partial charge is 0.336 e. The molecule has 0 aromatic heterocycles. The summed E-state index contributed by atoms with van der Waals surface area (Å²) in [6.45, 7) is 4.37. The zero-order valence-corrected chi connectivity index (χ0v) is 14.3. The maximum Gasteiger partial charge on any atom is 0.336 e. The van der Waals surface area contributed by atoms with Crippen LogP contribution in [-0.2, 0) is 9.53 Å². The molecule has 1 aromatic rings. The summed E-state index contributed by atoms with van der Waals surface area (Å²) in [4.78, 5) is 26.8. The van der Waals surface area contributed by atoms with Gasteiger partial charge in [-0.3, -0.25) is 4.79 Å². The van der Waals surface area contributed by atoms with Gasteiger partial charge in [0.1, 0.15) is 0 Å². The van der Waals surface area contributed by atoms with Gasteiger partial charge in [0.05, 0.1) is 6.61 Å². The predicted octanol–water partition coefficient (Wildman–Crippen LogP) is 3.17. The molecule has 1 aliphatic heterocycles. The lowest BCUT2D eigenvalue weighted by Crippen LogP contribution is -2.52. The molecule has 0 radical (unpaired) electrons. The molecule has 4 nitrogen and oxygen atoms in total. The van der Waals surface area contributed by atoms with Crippen molar-refractivity contribution >= 4 is 34.5 Å². The molecule has 0 spiro atoms. The largest absolute Gasteiger partial charge is 0.464 e. The molecule has 0 saturated carbocycles. The number of carbonyl (C=O) groups excluding carboxylic acids is 2. The summed E-state index contributed by atoms with van der Waals surface area (Å²) >= 11 is 2.12. The number of amides is 1. The van der Waals surface area contributed by atoms with Crippen molar-refractivity contribution in [2.24, 2.45) is 0 Å². The van der Waals surface area contributed by atoms with Crippen molar-refractivity contribution in [2.45, 2.75) is 25.8 Å². The molecule has 1 fully saturated rings. The number of esters is 1. The van der Waals surface area contributed by atoms with Crippen LogP contribution in [0.4, 0.5) is 0 Å². The van der Waals surface area contributed by atoms with Crippen LogP contribution in [0.5, 0.6) is 0 Å². The molecule has 1 amide bonds. The fourth-order valence-electron chi connectivity index (χ4n) is 2.59. The molecule has 1 aliphatic rings. The molecule has 21 heavy (non-hydrogen) atoms. The van der Waals surface area contributed by atoms with E-state index >= 15 is 0 Å². The molecule has 0 unspecified atom stereocenters. The predicted molar refractivity (Wildman–Crippen MR) is 89.2 cm³/mol. The van der Waals surface area contributed by atoms with Crippen LogP contribution in [0, 0.1) is 0 Å². The van der Waals surface area contributed by atoms with E-state index in [0.29, 0.717) is 25.1 Å². The van der Waals surface area contributed by atoms with Crippen molar-refractivity contribution in [1.82, 2.24) is 4.90 Å². The highest BCUT2D eigenvalue weighted by atomic mass is 127. The molecule has 0 N–H and O–H groups in total. The molecule has 0 bridgehead atoms. The number of ether oxygens (including phenoxy) is 1. The maximum absolute atomic E-state index is 12.7. The van der Waals surface area contributed by atoms with E-state index in [2.05, 4.69) is 22.6 Å².